The smallest absolute Gasteiger partial charge is 0.273 e. The lowest BCUT2D eigenvalue weighted by molar-refractivity contribution is 0.0944. The van der Waals surface area contributed by atoms with Gasteiger partial charge < -0.3 is 14.4 Å². The van der Waals surface area contributed by atoms with Crippen molar-refractivity contribution in [2.75, 3.05) is 6.54 Å². The van der Waals surface area contributed by atoms with Crippen LogP contribution in [0, 0.1) is 13.8 Å². The molecule has 1 amide bonds. The topological polar surface area (TPSA) is 81.2 Å². The number of hydrogen-bond donors (Lipinski definition) is 1. The highest BCUT2D eigenvalue weighted by atomic mass is 16.5. The summed E-state index contributed by atoms with van der Waals surface area (Å²) in [4.78, 5) is 11.6. The van der Waals surface area contributed by atoms with Crippen molar-refractivity contribution in [1.82, 2.24) is 15.6 Å². The molecule has 0 bridgehead atoms. The van der Waals surface area contributed by atoms with Gasteiger partial charge in [-0.1, -0.05) is 10.3 Å². The number of amides is 1. The molecule has 0 aliphatic carbocycles. The molecule has 0 aromatic carbocycles. The molecule has 18 heavy (non-hydrogen) atoms. The summed E-state index contributed by atoms with van der Waals surface area (Å²) in [6, 6.07) is 3.50. The van der Waals surface area contributed by atoms with Crippen LogP contribution in [-0.4, -0.2) is 22.8 Å². The van der Waals surface area contributed by atoms with Crippen LogP contribution in [0.25, 0.3) is 0 Å². The number of hydrogen-bond acceptors (Lipinski definition) is 5. The molecule has 0 saturated carbocycles. The first-order chi connectivity index (χ1) is 8.65. The molecule has 0 aliphatic heterocycles. The van der Waals surface area contributed by atoms with E-state index in [1.807, 2.05) is 13.0 Å². The van der Waals surface area contributed by atoms with Gasteiger partial charge >= 0.3 is 0 Å². The lowest BCUT2D eigenvalue weighted by atomic mass is 10.2. The maximum atomic E-state index is 11.6. The fourth-order valence-electron chi connectivity index (χ4n) is 1.56. The Morgan fingerprint density at radius 1 is 1.28 bits per heavy atom. The third-order valence-corrected chi connectivity index (χ3v) is 2.42. The molecule has 96 valence electrons. The summed E-state index contributed by atoms with van der Waals surface area (Å²) in [7, 11) is 0. The fraction of sp³-hybridized carbons (Fsp3) is 0.417. The van der Waals surface area contributed by atoms with Gasteiger partial charge in [-0.2, -0.15) is 0 Å². The second-order valence-electron chi connectivity index (χ2n) is 4.12. The van der Waals surface area contributed by atoms with Crippen LogP contribution < -0.4 is 5.32 Å². The Bertz CT molecular complexity index is 530. The highest BCUT2D eigenvalue weighted by molar-refractivity contribution is 5.92. The first-order valence-electron chi connectivity index (χ1n) is 5.79. The number of aromatic nitrogens is 2. The predicted molar refractivity (Wildman–Crippen MR) is 63.1 cm³/mol. The summed E-state index contributed by atoms with van der Waals surface area (Å²) < 4.78 is 9.90. The Labute approximate surface area is 104 Å². The molecule has 6 heteroatoms. The second-order valence-corrected chi connectivity index (χ2v) is 4.12. The Morgan fingerprint density at radius 3 is 2.72 bits per heavy atom. The molecule has 0 atom stereocenters. The van der Waals surface area contributed by atoms with Crippen molar-refractivity contribution in [2.24, 2.45) is 0 Å². The molecule has 0 fully saturated rings. The molecule has 2 aromatic heterocycles. The first-order valence-corrected chi connectivity index (χ1v) is 5.79. The third-order valence-electron chi connectivity index (χ3n) is 2.42. The molecule has 0 spiro atoms. The number of aryl methyl sites for hydroxylation is 3. The van der Waals surface area contributed by atoms with Crippen LogP contribution in [0.5, 0.6) is 0 Å². The first kappa shape index (κ1) is 12.3. The van der Waals surface area contributed by atoms with Crippen molar-refractivity contribution in [3.8, 4) is 0 Å². The van der Waals surface area contributed by atoms with Crippen molar-refractivity contribution in [3.05, 3.63) is 35.0 Å². The number of nitrogens with zero attached hydrogens (tertiary/aromatic N) is 2. The Balaban J connectivity index is 1.71. The average molecular weight is 249 g/mol. The Kier molecular flexibility index (Phi) is 3.76. The molecule has 0 unspecified atom stereocenters. The quantitative estimate of drug-likeness (QED) is 0.815. The van der Waals surface area contributed by atoms with Crippen LogP contribution in [-0.2, 0) is 6.42 Å². The molecule has 2 heterocycles. The minimum Gasteiger partial charge on any atom is -0.361 e. The van der Waals surface area contributed by atoms with Gasteiger partial charge in [0.05, 0.1) is 5.69 Å². The highest BCUT2D eigenvalue weighted by Crippen LogP contribution is 2.05. The van der Waals surface area contributed by atoms with Crippen molar-refractivity contribution in [3.63, 3.8) is 0 Å². The van der Waals surface area contributed by atoms with Crippen LogP contribution in [0.1, 0.15) is 34.1 Å². The summed E-state index contributed by atoms with van der Waals surface area (Å²) in [6.07, 6.45) is 1.54. The van der Waals surface area contributed by atoms with Gasteiger partial charge in [0, 0.05) is 25.1 Å². The van der Waals surface area contributed by atoms with Crippen LogP contribution in [0.3, 0.4) is 0 Å². The Morgan fingerprint density at radius 2 is 2.11 bits per heavy atom. The Hall–Kier alpha value is -2.11. The second kappa shape index (κ2) is 5.48. The van der Waals surface area contributed by atoms with Gasteiger partial charge in [0.2, 0.25) is 0 Å². The standard InChI is InChI=1S/C12H15N3O3/c1-8-6-10(18-14-8)4-3-5-13-12(16)11-7-9(2)17-15-11/h6-7H,3-5H2,1-2H3,(H,13,16). The van der Waals surface area contributed by atoms with E-state index in [2.05, 4.69) is 15.6 Å². The van der Waals surface area contributed by atoms with E-state index in [-0.39, 0.29) is 5.91 Å². The van der Waals surface area contributed by atoms with E-state index in [0.717, 1.165) is 24.3 Å². The van der Waals surface area contributed by atoms with Crippen molar-refractivity contribution < 1.29 is 13.8 Å². The summed E-state index contributed by atoms with van der Waals surface area (Å²) in [5, 5.41) is 10.2. The molecule has 2 aromatic rings. The lowest BCUT2D eigenvalue weighted by Crippen LogP contribution is -2.25. The summed E-state index contributed by atoms with van der Waals surface area (Å²) in [5.41, 5.74) is 1.18. The zero-order chi connectivity index (χ0) is 13.0. The van der Waals surface area contributed by atoms with E-state index < -0.39 is 0 Å². The maximum Gasteiger partial charge on any atom is 0.273 e. The molecule has 0 saturated heterocycles. The average Bonchev–Trinajstić information content (AvgIpc) is 2.93. The van der Waals surface area contributed by atoms with Crippen LogP contribution in [0.2, 0.25) is 0 Å². The molecule has 0 radical (unpaired) electrons. The molecule has 6 nitrogen and oxygen atoms in total. The molecule has 1 N–H and O–H groups in total. The fourth-order valence-corrected chi connectivity index (χ4v) is 1.56. The van der Waals surface area contributed by atoms with Crippen molar-refractivity contribution in [1.29, 1.82) is 0 Å². The number of carbonyl (C=O) groups is 1. The number of rotatable bonds is 5. The minimum absolute atomic E-state index is 0.222. The van der Waals surface area contributed by atoms with E-state index in [0.29, 0.717) is 18.0 Å². The van der Waals surface area contributed by atoms with Crippen molar-refractivity contribution in [2.45, 2.75) is 26.7 Å². The SMILES string of the molecule is Cc1cc(CCCNC(=O)c2cc(C)on2)on1. The van der Waals surface area contributed by atoms with Gasteiger partial charge in [0.1, 0.15) is 11.5 Å². The zero-order valence-corrected chi connectivity index (χ0v) is 10.4. The van der Waals surface area contributed by atoms with Crippen molar-refractivity contribution >= 4 is 5.91 Å². The highest BCUT2D eigenvalue weighted by Gasteiger charge is 2.09. The summed E-state index contributed by atoms with van der Waals surface area (Å²) >= 11 is 0. The van der Waals surface area contributed by atoms with Gasteiger partial charge in [-0.3, -0.25) is 4.79 Å². The summed E-state index contributed by atoms with van der Waals surface area (Å²) in [5.74, 6) is 1.23. The van der Waals surface area contributed by atoms with E-state index in [1.54, 1.807) is 13.0 Å². The zero-order valence-electron chi connectivity index (χ0n) is 10.4. The largest absolute Gasteiger partial charge is 0.361 e. The van der Waals surface area contributed by atoms with Gasteiger partial charge in [0.25, 0.3) is 5.91 Å². The third kappa shape index (κ3) is 3.19. The molecular weight excluding hydrogens is 234 g/mol. The van der Waals surface area contributed by atoms with Crippen LogP contribution in [0.15, 0.2) is 21.2 Å². The predicted octanol–water partition coefficient (Wildman–Crippen LogP) is 1.64. The number of nitrogens with one attached hydrogen (secondary N) is 1. The van der Waals surface area contributed by atoms with Crippen LogP contribution in [0.4, 0.5) is 0 Å². The molecule has 0 aliphatic rings. The maximum absolute atomic E-state index is 11.6. The normalized spacial score (nSPS) is 10.6. The van der Waals surface area contributed by atoms with E-state index in [4.69, 9.17) is 9.05 Å². The minimum atomic E-state index is -0.222. The van der Waals surface area contributed by atoms with E-state index >= 15 is 0 Å². The van der Waals surface area contributed by atoms with Gasteiger partial charge in [-0.25, -0.2) is 0 Å². The van der Waals surface area contributed by atoms with Gasteiger partial charge in [-0.15, -0.1) is 0 Å². The summed E-state index contributed by atoms with van der Waals surface area (Å²) in [6.45, 7) is 4.18. The van der Waals surface area contributed by atoms with Gasteiger partial charge in [0.15, 0.2) is 5.69 Å². The van der Waals surface area contributed by atoms with Crippen LogP contribution >= 0.6 is 0 Å². The number of carbonyl (C=O) groups excluding carboxylic acids is 1. The molecule has 2 rings (SSSR count). The van der Waals surface area contributed by atoms with E-state index in [1.165, 1.54) is 0 Å². The van der Waals surface area contributed by atoms with E-state index in [9.17, 15) is 4.79 Å². The molecular formula is C12H15N3O3. The monoisotopic (exact) mass is 249 g/mol. The van der Waals surface area contributed by atoms with Gasteiger partial charge in [-0.05, 0) is 20.3 Å². The lowest BCUT2D eigenvalue weighted by Gasteiger charge is -2.00.